The molecule has 2 aromatic heterocycles. The molecule has 1 aliphatic rings. The normalized spacial score (nSPS) is 18.4. The Morgan fingerprint density at radius 3 is 2.96 bits per heavy atom. The number of anilines is 1. The fourth-order valence-corrected chi connectivity index (χ4v) is 3.28. The number of aromatic nitrogens is 3. The van der Waals surface area contributed by atoms with Crippen LogP contribution in [0.3, 0.4) is 0 Å². The molecular formula is C18H20N4O. The van der Waals surface area contributed by atoms with E-state index in [1.54, 1.807) is 0 Å². The van der Waals surface area contributed by atoms with Gasteiger partial charge >= 0.3 is 0 Å². The molecule has 3 aromatic rings. The fraction of sp³-hybridized carbons (Fsp3) is 0.333. The van der Waals surface area contributed by atoms with Crippen molar-refractivity contribution in [3.05, 3.63) is 42.1 Å². The van der Waals surface area contributed by atoms with Crippen LogP contribution in [0.2, 0.25) is 0 Å². The van der Waals surface area contributed by atoms with Gasteiger partial charge in [-0.05, 0) is 49.9 Å². The lowest BCUT2D eigenvalue weighted by atomic mass is 10.1. The molecule has 2 N–H and O–H groups in total. The van der Waals surface area contributed by atoms with Crippen molar-refractivity contribution < 1.29 is 4.74 Å². The first-order chi connectivity index (χ1) is 11.2. The zero-order valence-corrected chi connectivity index (χ0v) is 13.2. The zero-order chi connectivity index (χ0) is 15.8. The summed E-state index contributed by atoms with van der Waals surface area (Å²) in [4.78, 5) is 4.47. The van der Waals surface area contributed by atoms with Gasteiger partial charge in [0.05, 0.1) is 11.2 Å². The standard InChI is InChI=1S/C18H20N4O/c1-12-10-17(19)21-15-11-13(5-6-14(12)15)16-7-8-20-22(16)18-4-2-3-9-23-18/h5-8,10-11,18H,2-4,9H2,1H3,(H2,19,21). The highest BCUT2D eigenvalue weighted by molar-refractivity contribution is 5.87. The molecule has 1 aliphatic heterocycles. The molecule has 1 fully saturated rings. The van der Waals surface area contributed by atoms with Gasteiger partial charge in [-0.2, -0.15) is 5.10 Å². The van der Waals surface area contributed by atoms with Crippen LogP contribution in [0.15, 0.2) is 36.5 Å². The number of nitrogens with two attached hydrogens (primary N) is 1. The van der Waals surface area contributed by atoms with Crippen molar-refractivity contribution in [2.45, 2.75) is 32.4 Å². The number of pyridine rings is 1. The number of aryl methyl sites for hydroxylation is 1. The van der Waals surface area contributed by atoms with E-state index in [1.807, 2.05) is 23.0 Å². The lowest BCUT2D eigenvalue weighted by Gasteiger charge is -2.24. The zero-order valence-electron chi connectivity index (χ0n) is 13.2. The van der Waals surface area contributed by atoms with Gasteiger partial charge in [-0.3, -0.25) is 0 Å². The molecule has 1 aromatic carbocycles. The Morgan fingerprint density at radius 2 is 2.13 bits per heavy atom. The van der Waals surface area contributed by atoms with Crippen molar-refractivity contribution in [3.8, 4) is 11.3 Å². The predicted molar refractivity (Wildman–Crippen MR) is 91.0 cm³/mol. The lowest BCUT2D eigenvalue weighted by molar-refractivity contribution is -0.0383. The van der Waals surface area contributed by atoms with Crippen LogP contribution in [0.4, 0.5) is 5.82 Å². The average molecular weight is 308 g/mol. The second-order valence-corrected chi connectivity index (χ2v) is 6.08. The van der Waals surface area contributed by atoms with Crippen molar-refractivity contribution >= 4 is 16.7 Å². The van der Waals surface area contributed by atoms with Crippen LogP contribution >= 0.6 is 0 Å². The molecule has 0 amide bonds. The van der Waals surface area contributed by atoms with E-state index in [9.17, 15) is 0 Å². The molecule has 0 radical (unpaired) electrons. The van der Waals surface area contributed by atoms with Gasteiger partial charge in [0.25, 0.3) is 0 Å². The quantitative estimate of drug-likeness (QED) is 0.784. The molecule has 0 saturated carbocycles. The number of benzene rings is 1. The Hall–Kier alpha value is -2.40. The summed E-state index contributed by atoms with van der Waals surface area (Å²) < 4.78 is 7.86. The van der Waals surface area contributed by atoms with Crippen molar-refractivity contribution in [2.24, 2.45) is 0 Å². The Labute approximate surface area is 135 Å². The first kappa shape index (κ1) is 14.2. The van der Waals surface area contributed by atoms with Crippen LogP contribution in [0.5, 0.6) is 0 Å². The minimum Gasteiger partial charge on any atom is -0.384 e. The largest absolute Gasteiger partial charge is 0.384 e. The van der Waals surface area contributed by atoms with Crippen molar-refractivity contribution in [3.63, 3.8) is 0 Å². The second kappa shape index (κ2) is 5.66. The van der Waals surface area contributed by atoms with Gasteiger partial charge in [-0.1, -0.05) is 12.1 Å². The van der Waals surface area contributed by atoms with E-state index in [0.717, 1.165) is 47.2 Å². The fourth-order valence-electron chi connectivity index (χ4n) is 3.28. The molecule has 0 bridgehead atoms. The van der Waals surface area contributed by atoms with Gasteiger partial charge in [0, 0.05) is 23.8 Å². The Morgan fingerprint density at radius 1 is 1.22 bits per heavy atom. The molecule has 0 spiro atoms. The van der Waals surface area contributed by atoms with Crippen LogP contribution in [0.25, 0.3) is 22.2 Å². The highest BCUT2D eigenvalue weighted by Crippen LogP contribution is 2.30. The minimum atomic E-state index is 0.0278. The van der Waals surface area contributed by atoms with E-state index in [4.69, 9.17) is 10.5 Å². The van der Waals surface area contributed by atoms with Crippen molar-refractivity contribution in [2.75, 3.05) is 12.3 Å². The molecule has 5 heteroatoms. The van der Waals surface area contributed by atoms with Crippen LogP contribution < -0.4 is 5.73 Å². The lowest BCUT2D eigenvalue weighted by Crippen LogP contribution is -2.19. The Balaban J connectivity index is 1.79. The summed E-state index contributed by atoms with van der Waals surface area (Å²) >= 11 is 0. The maximum Gasteiger partial charge on any atom is 0.150 e. The van der Waals surface area contributed by atoms with E-state index < -0.39 is 0 Å². The molecule has 118 valence electrons. The van der Waals surface area contributed by atoms with Crippen molar-refractivity contribution in [1.82, 2.24) is 14.8 Å². The van der Waals surface area contributed by atoms with Gasteiger partial charge in [0.2, 0.25) is 0 Å². The number of nitrogen functional groups attached to an aromatic ring is 1. The predicted octanol–water partition coefficient (Wildman–Crippen LogP) is 3.69. The monoisotopic (exact) mass is 308 g/mol. The molecule has 4 rings (SSSR count). The number of ether oxygens (including phenoxy) is 1. The summed E-state index contributed by atoms with van der Waals surface area (Å²) in [6, 6.07) is 10.2. The second-order valence-electron chi connectivity index (χ2n) is 6.08. The molecule has 3 heterocycles. The Kier molecular flexibility index (Phi) is 3.50. The topological polar surface area (TPSA) is 66.0 Å². The third kappa shape index (κ3) is 2.57. The summed E-state index contributed by atoms with van der Waals surface area (Å²) in [5.74, 6) is 0.552. The number of hydrogen-bond donors (Lipinski definition) is 1. The Bertz CT molecular complexity index is 849. The van der Waals surface area contributed by atoms with Gasteiger partial charge in [0.15, 0.2) is 6.23 Å². The number of fused-ring (bicyclic) bond motifs is 1. The summed E-state index contributed by atoms with van der Waals surface area (Å²) in [6.07, 6.45) is 5.17. The summed E-state index contributed by atoms with van der Waals surface area (Å²) in [5, 5.41) is 5.61. The highest BCUT2D eigenvalue weighted by atomic mass is 16.5. The van der Waals surface area contributed by atoms with Crippen LogP contribution in [0.1, 0.15) is 31.1 Å². The third-order valence-electron chi connectivity index (χ3n) is 4.43. The average Bonchev–Trinajstić information content (AvgIpc) is 3.04. The van der Waals surface area contributed by atoms with Crippen LogP contribution in [-0.4, -0.2) is 21.4 Å². The van der Waals surface area contributed by atoms with Gasteiger partial charge in [0.1, 0.15) is 5.82 Å². The molecule has 1 atom stereocenters. The van der Waals surface area contributed by atoms with E-state index >= 15 is 0 Å². The molecule has 5 nitrogen and oxygen atoms in total. The van der Waals surface area contributed by atoms with Crippen molar-refractivity contribution in [1.29, 1.82) is 0 Å². The minimum absolute atomic E-state index is 0.0278. The maximum atomic E-state index is 5.89. The SMILES string of the molecule is Cc1cc(N)nc2cc(-c3ccnn3C3CCCCO3)ccc12. The smallest absolute Gasteiger partial charge is 0.150 e. The molecule has 0 aliphatic carbocycles. The molecule has 1 unspecified atom stereocenters. The maximum absolute atomic E-state index is 5.89. The number of hydrogen-bond acceptors (Lipinski definition) is 4. The summed E-state index contributed by atoms with van der Waals surface area (Å²) in [6.45, 7) is 2.86. The first-order valence-corrected chi connectivity index (χ1v) is 8.05. The summed E-state index contributed by atoms with van der Waals surface area (Å²) in [5.41, 5.74) is 10.1. The molecule has 1 saturated heterocycles. The van der Waals surface area contributed by atoms with Gasteiger partial charge in [-0.15, -0.1) is 0 Å². The molecular weight excluding hydrogens is 288 g/mol. The van der Waals surface area contributed by atoms with E-state index in [0.29, 0.717) is 5.82 Å². The van der Waals surface area contributed by atoms with E-state index in [2.05, 4.69) is 35.2 Å². The number of nitrogens with zero attached hydrogens (tertiary/aromatic N) is 3. The van der Waals surface area contributed by atoms with Gasteiger partial charge < -0.3 is 10.5 Å². The van der Waals surface area contributed by atoms with Crippen LogP contribution in [-0.2, 0) is 4.74 Å². The number of rotatable bonds is 2. The van der Waals surface area contributed by atoms with Gasteiger partial charge in [-0.25, -0.2) is 9.67 Å². The third-order valence-corrected chi connectivity index (χ3v) is 4.43. The van der Waals surface area contributed by atoms with E-state index in [-0.39, 0.29) is 6.23 Å². The van der Waals surface area contributed by atoms with Crippen LogP contribution in [0, 0.1) is 6.92 Å². The highest BCUT2D eigenvalue weighted by Gasteiger charge is 2.19. The first-order valence-electron chi connectivity index (χ1n) is 8.05. The molecule has 23 heavy (non-hydrogen) atoms. The summed E-state index contributed by atoms with van der Waals surface area (Å²) in [7, 11) is 0. The van der Waals surface area contributed by atoms with E-state index in [1.165, 1.54) is 6.42 Å².